The average molecular weight is 279 g/mol. The molecule has 0 saturated carbocycles. The summed E-state index contributed by atoms with van der Waals surface area (Å²) in [6, 6.07) is 3.69. The summed E-state index contributed by atoms with van der Waals surface area (Å²) < 4.78 is 43.1. The lowest BCUT2D eigenvalue weighted by atomic mass is 10.0. The number of alkyl halides is 3. The Labute approximate surface area is 107 Å². The number of ether oxygens (including phenoxy) is 1. The topological polar surface area (TPSA) is 26.3 Å². The Bertz CT molecular complexity index is 467. The lowest BCUT2D eigenvalue weighted by molar-refractivity contribution is -0.138. The minimum atomic E-state index is -4.47. The molecule has 0 aliphatic carbocycles. The van der Waals surface area contributed by atoms with Gasteiger partial charge in [0.05, 0.1) is 12.2 Å². The molecule has 0 heterocycles. The molecule has 0 unspecified atom stereocenters. The zero-order valence-electron chi connectivity index (χ0n) is 9.42. The van der Waals surface area contributed by atoms with Gasteiger partial charge in [-0.3, -0.25) is 4.79 Å². The minimum absolute atomic E-state index is 0.0262. The highest BCUT2D eigenvalue weighted by atomic mass is 35.5. The zero-order valence-corrected chi connectivity index (χ0v) is 10.2. The first-order valence-electron chi connectivity index (χ1n) is 4.92. The Balaban J connectivity index is 3.30. The Kier molecular flexibility index (Phi) is 4.93. The van der Waals surface area contributed by atoms with Gasteiger partial charge in [-0.2, -0.15) is 13.2 Å². The van der Waals surface area contributed by atoms with Gasteiger partial charge in [-0.15, -0.1) is 0 Å². The molecule has 1 aromatic carbocycles. The largest absolute Gasteiger partial charge is 0.416 e. The minimum Gasteiger partial charge on any atom is -0.380 e. The molecule has 0 radical (unpaired) electrons. The summed E-state index contributed by atoms with van der Waals surface area (Å²) in [6.45, 7) is -0.203. The van der Waals surface area contributed by atoms with Crippen LogP contribution in [-0.4, -0.2) is 12.4 Å². The Morgan fingerprint density at radius 3 is 2.61 bits per heavy atom. The fourth-order valence-electron chi connectivity index (χ4n) is 1.49. The van der Waals surface area contributed by atoms with Crippen molar-refractivity contribution in [1.29, 1.82) is 0 Å². The van der Waals surface area contributed by atoms with E-state index in [2.05, 4.69) is 0 Å². The van der Waals surface area contributed by atoms with Crippen LogP contribution in [0, 0.1) is 0 Å². The second kappa shape index (κ2) is 6.02. The molecule has 0 saturated heterocycles. The molecule has 0 bridgehead atoms. The highest BCUT2D eigenvalue weighted by molar-refractivity contribution is 6.66. The highest BCUT2D eigenvalue weighted by Gasteiger charge is 2.33. The second-order valence-corrected chi connectivity index (χ2v) is 3.81. The van der Waals surface area contributed by atoms with Crippen LogP contribution in [0.3, 0.4) is 0 Å². The molecule has 0 amide bonds. The lowest BCUT2D eigenvalue weighted by Crippen LogP contribution is -2.11. The number of hydrogen-bond donors (Lipinski definition) is 0. The predicted molar refractivity (Wildman–Crippen MR) is 62.1 cm³/mol. The van der Waals surface area contributed by atoms with Gasteiger partial charge < -0.3 is 4.74 Å². The SMILES string of the molecule is COCc1c(/C=C/C(=O)Cl)cccc1C(F)(F)F. The lowest BCUT2D eigenvalue weighted by Gasteiger charge is -2.14. The molecule has 0 N–H and O–H groups in total. The second-order valence-electron chi connectivity index (χ2n) is 3.44. The standard InChI is InChI=1S/C12H10ClF3O2/c1-18-7-9-8(5-6-11(13)17)3-2-4-10(9)12(14,15)16/h2-6H,7H2,1H3/b6-5+. The Morgan fingerprint density at radius 2 is 2.11 bits per heavy atom. The van der Waals surface area contributed by atoms with E-state index >= 15 is 0 Å². The fourth-order valence-corrected chi connectivity index (χ4v) is 1.55. The summed E-state index contributed by atoms with van der Waals surface area (Å²) in [5.41, 5.74) is -0.559. The average Bonchev–Trinajstić information content (AvgIpc) is 2.26. The van der Waals surface area contributed by atoms with E-state index in [1.807, 2.05) is 0 Å². The number of rotatable bonds is 4. The molecule has 0 atom stereocenters. The van der Waals surface area contributed by atoms with Crippen molar-refractivity contribution in [2.75, 3.05) is 7.11 Å². The van der Waals surface area contributed by atoms with Gasteiger partial charge in [0.25, 0.3) is 0 Å². The number of carbonyl (C=O) groups excluding carboxylic acids is 1. The molecular formula is C12H10ClF3O2. The molecule has 18 heavy (non-hydrogen) atoms. The maximum atomic E-state index is 12.8. The van der Waals surface area contributed by atoms with Crippen LogP contribution in [0.25, 0.3) is 6.08 Å². The van der Waals surface area contributed by atoms with E-state index in [1.165, 1.54) is 25.3 Å². The summed E-state index contributed by atoms with van der Waals surface area (Å²) in [5.74, 6) is 0. The third-order valence-corrected chi connectivity index (χ3v) is 2.33. The van der Waals surface area contributed by atoms with Crippen LogP contribution in [0.15, 0.2) is 24.3 Å². The molecule has 6 heteroatoms. The van der Waals surface area contributed by atoms with E-state index in [0.29, 0.717) is 0 Å². The van der Waals surface area contributed by atoms with E-state index < -0.39 is 17.0 Å². The van der Waals surface area contributed by atoms with Crippen molar-refractivity contribution in [3.05, 3.63) is 41.0 Å². The van der Waals surface area contributed by atoms with Crippen LogP contribution >= 0.6 is 11.6 Å². The number of halogens is 4. The van der Waals surface area contributed by atoms with Crippen molar-refractivity contribution in [3.8, 4) is 0 Å². The number of hydrogen-bond acceptors (Lipinski definition) is 2. The normalized spacial score (nSPS) is 12.1. The molecule has 0 aromatic heterocycles. The Morgan fingerprint density at radius 1 is 1.44 bits per heavy atom. The van der Waals surface area contributed by atoms with Crippen molar-refractivity contribution in [2.45, 2.75) is 12.8 Å². The molecule has 2 nitrogen and oxygen atoms in total. The Hall–Kier alpha value is -1.33. The van der Waals surface area contributed by atoms with Gasteiger partial charge in [-0.25, -0.2) is 0 Å². The summed E-state index contributed by atoms with van der Waals surface area (Å²) in [6.07, 6.45) is -2.24. The molecule has 1 rings (SSSR count). The number of methoxy groups -OCH3 is 1. The molecule has 1 aromatic rings. The van der Waals surface area contributed by atoms with Gasteiger partial charge in [0.2, 0.25) is 5.24 Å². The van der Waals surface area contributed by atoms with E-state index in [1.54, 1.807) is 0 Å². The third kappa shape index (κ3) is 3.85. The molecule has 0 spiro atoms. The van der Waals surface area contributed by atoms with Gasteiger partial charge in [0, 0.05) is 7.11 Å². The quantitative estimate of drug-likeness (QED) is 0.621. The monoisotopic (exact) mass is 278 g/mol. The van der Waals surface area contributed by atoms with Crippen LogP contribution in [-0.2, 0) is 22.3 Å². The third-order valence-electron chi connectivity index (χ3n) is 2.20. The van der Waals surface area contributed by atoms with Crippen molar-refractivity contribution < 1.29 is 22.7 Å². The van der Waals surface area contributed by atoms with E-state index in [0.717, 1.165) is 12.1 Å². The van der Waals surface area contributed by atoms with Gasteiger partial charge >= 0.3 is 6.18 Å². The maximum Gasteiger partial charge on any atom is 0.416 e. The van der Waals surface area contributed by atoms with Crippen molar-refractivity contribution in [3.63, 3.8) is 0 Å². The first kappa shape index (κ1) is 14.7. The van der Waals surface area contributed by atoms with Crippen molar-refractivity contribution >= 4 is 22.9 Å². The predicted octanol–water partition coefficient (Wildman–Crippen LogP) is 3.63. The van der Waals surface area contributed by atoms with Crippen LogP contribution in [0.4, 0.5) is 13.2 Å². The summed E-state index contributed by atoms with van der Waals surface area (Å²) in [5, 5.41) is -0.754. The fraction of sp³-hybridized carbons (Fsp3) is 0.250. The van der Waals surface area contributed by atoms with Gasteiger partial charge in [-0.1, -0.05) is 12.1 Å². The molecular weight excluding hydrogens is 269 g/mol. The zero-order chi connectivity index (χ0) is 13.8. The van der Waals surface area contributed by atoms with Crippen LogP contribution in [0.1, 0.15) is 16.7 Å². The number of benzene rings is 1. The van der Waals surface area contributed by atoms with Crippen molar-refractivity contribution in [1.82, 2.24) is 0 Å². The first-order chi connectivity index (χ1) is 8.36. The molecule has 98 valence electrons. The molecule has 0 aliphatic heterocycles. The van der Waals surface area contributed by atoms with Crippen LogP contribution < -0.4 is 0 Å². The van der Waals surface area contributed by atoms with E-state index in [4.69, 9.17) is 16.3 Å². The summed E-state index contributed by atoms with van der Waals surface area (Å²) in [4.78, 5) is 10.6. The van der Waals surface area contributed by atoms with Gasteiger partial charge in [0.1, 0.15) is 0 Å². The van der Waals surface area contributed by atoms with Gasteiger partial charge in [-0.05, 0) is 40.9 Å². The van der Waals surface area contributed by atoms with E-state index in [9.17, 15) is 18.0 Å². The van der Waals surface area contributed by atoms with Crippen molar-refractivity contribution in [2.24, 2.45) is 0 Å². The van der Waals surface area contributed by atoms with Crippen LogP contribution in [0.5, 0.6) is 0 Å². The molecule has 0 aliphatic rings. The van der Waals surface area contributed by atoms with Crippen LogP contribution in [0.2, 0.25) is 0 Å². The van der Waals surface area contributed by atoms with E-state index in [-0.39, 0.29) is 17.7 Å². The number of allylic oxidation sites excluding steroid dienone is 1. The smallest absolute Gasteiger partial charge is 0.380 e. The maximum absolute atomic E-state index is 12.8. The summed E-state index contributed by atoms with van der Waals surface area (Å²) >= 11 is 5.11. The van der Waals surface area contributed by atoms with Gasteiger partial charge in [0.15, 0.2) is 0 Å². The number of carbonyl (C=O) groups is 1. The summed E-state index contributed by atoms with van der Waals surface area (Å²) in [7, 11) is 1.30. The molecule has 0 fully saturated rings. The first-order valence-corrected chi connectivity index (χ1v) is 5.29. The highest BCUT2D eigenvalue weighted by Crippen LogP contribution is 2.34.